The first kappa shape index (κ1) is 14.8. The predicted molar refractivity (Wildman–Crippen MR) is 79.4 cm³/mol. The molecule has 0 saturated carbocycles. The van der Waals surface area contributed by atoms with Gasteiger partial charge in [0.1, 0.15) is 5.82 Å². The van der Waals surface area contributed by atoms with E-state index in [0.29, 0.717) is 24.3 Å². The minimum atomic E-state index is -0.272. The monoisotopic (exact) mass is 279 g/mol. The maximum Gasteiger partial charge on any atom is 0.224 e. The molecule has 1 fully saturated rings. The number of halogens is 1. The molecule has 1 heterocycles. The number of nitrogens with one attached hydrogen (secondary N) is 1. The third-order valence-corrected chi connectivity index (χ3v) is 3.54. The lowest BCUT2D eigenvalue weighted by molar-refractivity contribution is -0.116. The third-order valence-electron chi connectivity index (χ3n) is 3.54. The Balaban J connectivity index is 1.93. The molecule has 1 aliphatic rings. The third kappa shape index (κ3) is 3.93. The van der Waals surface area contributed by atoms with E-state index in [2.05, 4.69) is 5.32 Å². The lowest BCUT2D eigenvalue weighted by atomic mass is 10.2. The molecule has 0 aliphatic carbocycles. The van der Waals surface area contributed by atoms with Crippen LogP contribution in [0.3, 0.4) is 0 Å². The second kappa shape index (κ2) is 7.24. The van der Waals surface area contributed by atoms with Gasteiger partial charge in [0, 0.05) is 25.2 Å². The fourth-order valence-electron chi connectivity index (χ4n) is 2.45. The molecule has 2 rings (SSSR count). The van der Waals surface area contributed by atoms with Crippen LogP contribution >= 0.6 is 0 Å². The van der Waals surface area contributed by atoms with Crippen molar-refractivity contribution >= 4 is 17.3 Å². The summed E-state index contributed by atoms with van der Waals surface area (Å²) in [5.41, 5.74) is 6.52. The van der Waals surface area contributed by atoms with Crippen molar-refractivity contribution in [3.8, 4) is 0 Å². The van der Waals surface area contributed by atoms with E-state index in [-0.39, 0.29) is 11.7 Å². The molecule has 0 spiro atoms. The Morgan fingerprint density at radius 1 is 1.30 bits per heavy atom. The number of hydrogen-bond donors (Lipinski definition) is 2. The van der Waals surface area contributed by atoms with E-state index < -0.39 is 0 Å². The Bertz CT molecular complexity index is 458. The Labute approximate surface area is 119 Å². The molecule has 20 heavy (non-hydrogen) atoms. The highest BCUT2D eigenvalue weighted by atomic mass is 19.1. The molecule has 3 N–H and O–H groups in total. The number of benzene rings is 1. The summed E-state index contributed by atoms with van der Waals surface area (Å²) in [6, 6.07) is 4.90. The highest BCUT2D eigenvalue weighted by Gasteiger charge is 2.16. The zero-order valence-corrected chi connectivity index (χ0v) is 11.7. The molecule has 0 aromatic heterocycles. The van der Waals surface area contributed by atoms with Gasteiger partial charge in [-0.3, -0.25) is 4.79 Å². The van der Waals surface area contributed by atoms with Gasteiger partial charge >= 0.3 is 0 Å². The lowest BCUT2D eigenvalue weighted by Crippen LogP contribution is -2.19. The first-order valence-corrected chi connectivity index (χ1v) is 7.25. The van der Waals surface area contributed by atoms with E-state index in [4.69, 9.17) is 5.73 Å². The summed E-state index contributed by atoms with van der Waals surface area (Å²) in [7, 11) is 0. The molecule has 0 unspecified atom stereocenters. The molecule has 0 atom stereocenters. The molecule has 1 aliphatic heterocycles. The van der Waals surface area contributed by atoms with Gasteiger partial charge < -0.3 is 16.0 Å². The number of anilines is 2. The van der Waals surface area contributed by atoms with E-state index in [9.17, 15) is 9.18 Å². The Hall–Kier alpha value is -1.62. The maximum absolute atomic E-state index is 14.0. The van der Waals surface area contributed by atoms with Crippen molar-refractivity contribution in [1.82, 2.24) is 0 Å². The topological polar surface area (TPSA) is 58.4 Å². The van der Waals surface area contributed by atoms with Gasteiger partial charge in [0.05, 0.1) is 5.69 Å². The molecular formula is C15H22FN3O. The van der Waals surface area contributed by atoms with Crippen LogP contribution in [0.2, 0.25) is 0 Å². The van der Waals surface area contributed by atoms with Gasteiger partial charge in [-0.25, -0.2) is 4.39 Å². The highest BCUT2D eigenvalue weighted by molar-refractivity contribution is 5.90. The summed E-state index contributed by atoms with van der Waals surface area (Å²) in [6.07, 6.45) is 4.23. The second-order valence-corrected chi connectivity index (χ2v) is 5.15. The summed E-state index contributed by atoms with van der Waals surface area (Å²) >= 11 is 0. The fourth-order valence-corrected chi connectivity index (χ4v) is 2.45. The average molecular weight is 279 g/mol. The normalized spacial score (nSPS) is 14.6. The molecule has 1 aromatic carbocycles. The van der Waals surface area contributed by atoms with Crippen LogP contribution in [-0.4, -0.2) is 25.5 Å². The van der Waals surface area contributed by atoms with Gasteiger partial charge in [0.25, 0.3) is 0 Å². The minimum absolute atomic E-state index is 0.0910. The number of nitrogens with zero attached hydrogens (tertiary/aromatic N) is 1. The molecule has 0 radical (unpaired) electrons. The van der Waals surface area contributed by atoms with Crippen molar-refractivity contribution in [3.05, 3.63) is 24.0 Å². The van der Waals surface area contributed by atoms with E-state index in [1.54, 1.807) is 12.1 Å². The van der Waals surface area contributed by atoms with E-state index >= 15 is 0 Å². The Morgan fingerprint density at radius 3 is 2.70 bits per heavy atom. The number of hydrogen-bond acceptors (Lipinski definition) is 3. The van der Waals surface area contributed by atoms with Gasteiger partial charge in [-0.2, -0.15) is 0 Å². The van der Waals surface area contributed by atoms with Crippen molar-refractivity contribution in [2.24, 2.45) is 5.73 Å². The highest BCUT2D eigenvalue weighted by Crippen LogP contribution is 2.26. The number of carbonyl (C=O) groups excluding carboxylic acids is 1. The van der Waals surface area contributed by atoms with Crippen LogP contribution in [0.4, 0.5) is 15.8 Å². The first-order valence-electron chi connectivity index (χ1n) is 7.25. The lowest BCUT2D eigenvalue weighted by Gasteiger charge is -2.18. The van der Waals surface area contributed by atoms with Gasteiger partial charge in [-0.05, 0) is 50.4 Å². The van der Waals surface area contributed by atoms with Gasteiger partial charge in [-0.1, -0.05) is 0 Å². The number of amides is 1. The van der Waals surface area contributed by atoms with Gasteiger partial charge in [0.15, 0.2) is 0 Å². The van der Waals surface area contributed by atoms with Crippen LogP contribution in [0.1, 0.15) is 32.1 Å². The van der Waals surface area contributed by atoms with Crippen LogP contribution in [0.5, 0.6) is 0 Å². The standard InChI is InChI=1S/C15H22FN3O/c16-13-11-12(18-15(20)5-1-2-8-17)6-7-14(13)19-9-3-4-10-19/h6-7,11H,1-5,8-10,17H2,(H,18,20). The summed E-state index contributed by atoms with van der Waals surface area (Å²) in [4.78, 5) is 13.7. The maximum atomic E-state index is 14.0. The number of unbranched alkanes of at least 4 members (excludes halogenated alkanes) is 1. The quantitative estimate of drug-likeness (QED) is 0.787. The smallest absolute Gasteiger partial charge is 0.224 e. The number of carbonyl (C=O) groups is 1. The Morgan fingerprint density at radius 2 is 2.05 bits per heavy atom. The number of nitrogens with two attached hydrogens (primary N) is 1. The zero-order valence-electron chi connectivity index (χ0n) is 11.7. The van der Waals surface area contributed by atoms with Crippen LogP contribution in [-0.2, 0) is 4.79 Å². The number of rotatable bonds is 6. The first-order chi connectivity index (χ1) is 9.70. The SMILES string of the molecule is NCCCCC(=O)Nc1ccc(N2CCCC2)c(F)c1. The van der Waals surface area contributed by atoms with Crippen molar-refractivity contribution in [3.63, 3.8) is 0 Å². The largest absolute Gasteiger partial charge is 0.369 e. The van der Waals surface area contributed by atoms with Crippen molar-refractivity contribution < 1.29 is 9.18 Å². The van der Waals surface area contributed by atoms with E-state index in [1.807, 2.05) is 4.90 Å². The van der Waals surface area contributed by atoms with E-state index in [1.165, 1.54) is 6.07 Å². The van der Waals surface area contributed by atoms with Crippen LogP contribution < -0.4 is 16.0 Å². The second-order valence-electron chi connectivity index (χ2n) is 5.15. The molecule has 110 valence electrons. The molecule has 5 heteroatoms. The van der Waals surface area contributed by atoms with Crippen LogP contribution in [0, 0.1) is 5.82 Å². The summed E-state index contributed by atoms with van der Waals surface area (Å²) in [5, 5.41) is 2.72. The predicted octanol–water partition coefficient (Wildman–Crippen LogP) is 2.49. The fraction of sp³-hybridized carbons (Fsp3) is 0.533. The Kier molecular flexibility index (Phi) is 5.35. The van der Waals surface area contributed by atoms with Crippen molar-refractivity contribution in [2.75, 3.05) is 29.9 Å². The van der Waals surface area contributed by atoms with Crippen LogP contribution in [0.25, 0.3) is 0 Å². The van der Waals surface area contributed by atoms with Crippen molar-refractivity contribution in [1.29, 1.82) is 0 Å². The molecule has 1 amide bonds. The average Bonchev–Trinajstić information content (AvgIpc) is 2.93. The van der Waals surface area contributed by atoms with Gasteiger partial charge in [-0.15, -0.1) is 0 Å². The minimum Gasteiger partial charge on any atom is -0.369 e. The van der Waals surface area contributed by atoms with Crippen LogP contribution in [0.15, 0.2) is 18.2 Å². The molecule has 4 nitrogen and oxygen atoms in total. The molecule has 1 saturated heterocycles. The molecular weight excluding hydrogens is 257 g/mol. The summed E-state index contributed by atoms with van der Waals surface area (Å²) in [6.45, 7) is 2.40. The van der Waals surface area contributed by atoms with Gasteiger partial charge in [0.2, 0.25) is 5.91 Å². The summed E-state index contributed by atoms with van der Waals surface area (Å²) < 4.78 is 14.0. The molecule has 0 bridgehead atoms. The van der Waals surface area contributed by atoms with Crippen molar-refractivity contribution in [2.45, 2.75) is 32.1 Å². The summed E-state index contributed by atoms with van der Waals surface area (Å²) in [5.74, 6) is -0.363. The zero-order chi connectivity index (χ0) is 14.4. The van der Waals surface area contributed by atoms with E-state index in [0.717, 1.165) is 38.8 Å². The molecule has 1 aromatic rings.